The van der Waals surface area contributed by atoms with Crippen LogP contribution in [0.15, 0.2) is 0 Å². The van der Waals surface area contributed by atoms with E-state index in [-0.39, 0.29) is 5.38 Å². The maximum atomic E-state index is 6.33. The molecular formula is C12H21ClN4. The van der Waals surface area contributed by atoms with Crippen LogP contribution >= 0.6 is 11.6 Å². The van der Waals surface area contributed by atoms with E-state index < -0.39 is 0 Å². The maximum absolute atomic E-state index is 6.33. The second-order valence-electron chi connectivity index (χ2n) is 4.28. The van der Waals surface area contributed by atoms with Gasteiger partial charge in [0.2, 0.25) is 5.95 Å². The summed E-state index contributed by atoms with van der Waals surface area (Å²) in [5, 5.41) is 11.3. The van der Waals surface area contributed by atoms with E-state index in [1.165, 1.54) is 0 Å². The van der Waals surface area contributed by atoms with E-state index in [9.17, 15) is 0 Å². The lowest BCUT2D eigenvalue weighted by Gasteiger charge is -2.19. The van der Waals surface area contributed by atoms with Gasteiger partial charge in [0.1, 0.15) is 0 Å². The molecule has 0 aliphatic heterocycles. The zero-order valence-electron chi connectivity index (χ0n) is 11.0. The molecule has 1 rings (SSSR count). The zero-order chi connectivity index (χ0) is 12.8. The number of aryl methyl sites for hydroxylation is 2. The first-order valence-electron chi connectivity index (χ1n) is 6.14. The first-order valence-corrected chi connectivity index (χ1v) is 6.57. The minimum absolute atomic E-state index is 0.107. The summed E-state index contributed by atoms with van der Waals surface area (Å²) < 4.78 is 0. The molecule has 1 aromatic heterocycles. The van der Waals surface area contributed by atoms with Crippen molar-refractivity contribution in [3.8, 4) is 0 Å². The third kappa shape index (κ3) is 4.11. The molecule has 0 radical (unpaired) electrons. The van der Waals surface area contributed by atoms with Crippen molar-refractivity contribution in [1.29, 1.82) is 0 Å². The van der Waals surface area contributed by atoms with Crippen molar-refractivity contribution in [2.75, 3.05) is 11.9 Å². The monoisotopic (exact) mass is 256 g/mol. The molecule has 1 heterocycles. The van der Waals surface area contributed by atoms with E-state index in [0.717, 1.165) is 24.2 Å². The summed E-state index contributed by atoms with van der Waals surface area (Å²) >= 11 is 6.33. The van der Waals surface area contributed by atoms with Gasteiger partial charge in [-0.3, -0.25) is 0 Å². The Bertz CT molecular complexity index is 352. The Hall–Kier alpha value is -0.900. The van der Waals surface area contributed by atoms with Crippen molar-refractivity contribution < 1.29 is 0 Å². The second kappa shape index (κ2) is 6.74. The van der Waals surface area contributed by atoms with Gasteiger partial charge in [0.25, 0.3) is 0 Å². The second-order valence-corrected chi connectivity index (χ2v) is 4.84. The molecular weight excluding hydrogens is 236 g/mol. The van der Waals surface area contributed by atoms with Crippen molar-refractivity contribution in [3.63, 3.8) is 0 Å². The normalized spacial score (nSPS) is 12.8. The van der Waals surface area contributed by atoms with E-state index in [0.29, 0.717) is 18.4 Å². The summed E-state index contributed by atoms with van der Waals surface area (Å²) in [5.74, 6) is 1.09. The molecule has 4 nitrogen and oxygen atoms in total. The molecule has 0 fully saturated rings. The highest BCUT2D eigenvalue weighted by Gasteiger charge is 2.15. The standard InChI is InChI=1S/C12H21ClN4/c1-5-10(6-2)11(13)7-14-12-15-8(3)9(4)16-17-12/h10-11H,5-7H2,1-4H3,(H,14,15,17). The molecule has 0 saturated heterocycles. The molecule has 1 N–H and O–H groups in total. The maximum Gasteiger partial charge on any atom is 0.243 e. The summed E-state index contributed by atoms with van der Waals surface area (Å²) in [5.41, 5.74) is 1.76. The van der Waals surface area contributed by atoms with Crippen LogP contribution in [0.1, 0.15) is 38.1 Å². The van der Waals surface area contributed by atoms with E-state index in [4.69, 9.17) is 11.6 Å². The molecule has 0 bridgehead atoms. The quantitative estimate of drug-likeness (QED) is 0.795. The molecule has 0 aliphatic carbocycles. The summed E-state index contributed by atoms with van der Waals surface area (Å²) in [6.07, 6.45) is 2.19. The molecule has 1 atom stereocenters. The third-order valence-electron chi connectivity index (χ3n) is 3.11. The van der Waals surface area contributed by atoms with Crippen molar-refractivity contribution >= 4 is 17.5 Å². The topological polar surface area (TPSA) is 50.7 Å². The predicted molar refractivity (Wildman–Crippen MR) is 71.5 cm³/mol. The average Bonchev–Trinajstić information content (AvgIpc) is 2.32. The summed E-state index contributed by atoms with van der Waals surface area (Å²) in [7, 11) is 0. The van der Waals surface area contributed by atoms with Crippen molar-refractivity contribution in [1.82, 2.24) is 15.2 Å². The van der Waals surface area contributed by atoms with Gasteiger partial charge in [0.15, 0.2) is 0 Å². The van der Waals surface area contributed by atoms with Crippen LogP contribution in [0.3, 0.4) is 0 Å². The van der Waals surface area contributed by atoms with E-state index in [1.807, 2.05) is 13.8 Å². The van der Waals surface area contributed by atoms with Crippen LogP contribution in [0.4, 0.5) is 5.95 Å². The van der Waals surface area contributed by atoms with E-state index in [1.54, 1.807) is 0 Å². The lowest BCUT2D eigenvalue weighted by Crippen LogP contribution is -2.23. The highest BCUT2D eigenvalue weighted by molar-refractivity contribution is 6.21. The number of halogens is 1. The smallest absolute Gasteiger partial charge is 0.243 e. The van der Waals surface area contributed by atoms with Gasteiger partial charge in [-0.1, -0.05) is 26.7 Å². The van der Waals surface area contributed by atoms with Crippen LogP contribution in [0.2, 0.25) is 0 Å². The fourth-order valence-electron chi connectivity index (χ4n) is 1.69. The lowest BCUT2D eigenvalue weighted by molar-refractivity contribution is 0.475. The molecule has 1 unspecified atom stereocenters. The van der Waals surface area contributed by atoms with Crippen LogP contribution < -0.4 is 5.32 Å². The Morgan fingerprint density at radius 2 is 1.76 bits per heavy atom. The summed E-state index contributed by atoms with van der Waals surface area (Å²) in [4.78, 5) is 4.31. The number of nitrogens with one attached hydrogen (secondary N) is 1. The summed E-state index contributed by atoms with van der Waals surface area (Å²) in [6, 6.07) is 0. The molecule has 0 saturated carbocycles. The largest absolute Gasteiger partial charge is 0.351 e. The predicted octanol–water partition coefficient (Wildman–Crippen LogP) is 2.94. The number of hydrogen-bond acceptors (Lipinski definition) is 4. The molecule has 0 aromatic carbocycles. The van der Waals surface area contributed by atoms with E-state index in [2.05, 4.69) is 34.3 Å². The zero-order valence-corrected chi connectivity index (χ0v) is 11.8. The number of alkyl halides is 1. The van der Waals surface area contributed by atoms with Crippen molar-refractivity contribution in [2.24, 2.45) is 5.92 Å². The Labute approximate surface area is 108 Å². The Morgan fingerprint density at radius 3 is 2.29 bits per heavy atom. The van der Waals surface area contributed by atoms with Crippen LogP contribution in [0, 0.1) is 19.8 Å². The molecule has 0 amide bonds. The highest BCUT2D eigenvalue weighted by atomic mass is 35.5. The van der Waals surface area contributed by atoms with Crippen molar-refractivity contribution in [2.45, 2.75) is 45.9 Å². The van der Waals surface area contributed by atoms with Crippen LogP contribution in [-0.2, 0) is 0 Å². The minimum Gasteiger partial charge on any atom is -0.351 e. The van der Waals surface area contributed by atoms with Crippen LogP contribution in [0.5, 0.6) is 0 Å². The fourth-order valence-corrected chi connectivity index (χ4v) is 2.12. The molecule has 1 aromatic rings. The van der Waals surface area contributed by atoms with Crippen molar-refractivity contribution in [3.05, 3.63) is 11.4 Å². The van der Waals surface area contributed by atoms with Gasteiger partial charge in [-0.25, -0.2) is 4.98 Å². The van der Waals surface area contributed by atoms with Gasteiger partial charge >= 0.3 is 0 Å². The average molecular weight is 257 g/mol. The molecule has 5 heteroatoms. The number of anilines is 1. The Balaban J connectivity index is 2.52. The number of rotatable bonds is 6. The molecule has 96 valence electrons. The Kier molecular flexibility index (Phi) is 5.62. The van der Waals surface area contributed by atoms with Gasteiger partial charge in [0.05, 0.1) is 16.8 Å². The third-order valence-corrected chi connectivity index (χ3v) is 3.62. The number of nitrogens with zero attached hydrogens (tertiary/aromatic N) is 3. The van der Waals surface area contributed by atoms with Crippen LogP contribution in [0.25, 0.3) is 0 Å². The Morgan fingerprint density at radius 1 is 1.12 bits per heavy atom. The highest BCUT2D eigenvalue weighted by Crippen LogP contribution is 2.18. The minimum atomic E-state index is 0.107. The molecule has 17 heavy (non-hydrogen) atoms. The first kappa shape index (κ1) is 14.2. The van der Waals surface area contributed by atoms with Gasteiger partial charge in [-0.2, -0.15) is 5.10 Å². The molecule has 0 aliphatic rings. The number of aromatic nitrogens is 3. The van der Waals surface area contributed by atoms with Gasteiger partial charge in [-0.05, 0) is 19.8 Å². The van der Waals surface area contributed by atoms with Gasteiger partial charge < -0.3 is 5.32 Å². The van der Waals surface area contributed by atoms with Crippen LogP contribution in [-0.4, -0.2) is 27.1 Å². The lowest BCUT2D eigenvalue weighted by atomic mass is 9.99. The van der Waals surface area contributed by atoms with Gasteiger partial charge in [-0.15, -0.1) is 16.7 Å². The first-order chi connectivity index (χ1) is 8.08. The SMILES string of the molecule is CCC(CC)C(Cl)CNc1nnc(C)c(C)n1. The number of hydrogen-bond donors (Lipinski definition) is 1. The fraction of sp³-hybridized carbons (Fsp3) is 0.750. The van der Waals surface area contributed by atoms with E-state index >= 15 is 0 Å². The molecule has 0 spiro atoms. The summed E-state index contributed by atoms with van der Waals surface area (Å²) in [6.45, 7) is 8.83. The van der Waals surface area contributed by atoms with Gasteiger partial charge in [0, 0.05) is 6.54 Å².